The summed E-state index contributed by atoms with van der Waals surface area (Å²) in [5, 5.41) is 3.30. The van der Waals surface area contributed by atoms with Crippen molar-refractivity contribution in [2.75, 3.05) is 7.11 Å². The van der Waals surface area contributed by atoms with Gasteiger partial charge in [0, 0.05) is 18.9 Å². The minimum Gasteiger partial charge on any atom is -0.469 e. The monoisotopic (exact) mass is 321 g/mol. The Morgan fingerprint density at radius 2 is 1.96 bits per heavy atom. The highest BCUT2D eigenvalue weighted by atomic mass is 16.5. The Bertz CT molecular complexity index is 432. The van der Waals surface area contributed by atoms with Crippen LogP contribution in [0.3, 0.4) is 0 Å². The van der Waals surface area contributed by atoms with Gasteiger partial charge in [-0.15, -0.1) is 0 Å². The second-order valence-electron chi connectivity index (χ2n) is 7.02. The highest BCUT2D eigenvalue weighted by molar-refractivity contribution is 5.76. The van der Waals surface area contributed by atoms with E-state index in [9.17, 15) is 9.59 Å². The fourth-order valence-electron chi connectivity index (χ4n) is 4.30. The zero-order chi connectivity index (χ0) is 16.7. The molecule has 1 amide bonds. The van der Waals surface area contributed by atoms with Crippen molar-refractivity contribution in [2.45, 2.75) is 70.8 Å². The van der Waals surface area contributed by atoms with E-state index in [1.165, 1.54) is 26.4 Å². The van der Waals surface area contributed by atoms with E-state index in [0.717, 1.165) is 31.6 Å². The maximum Gasteiger partial charge on any atom is 0.305 e. The molecular formula is C19H31NO3. The number of amides is 1. The van der Waals surface area contributed by atoms with Gasteiger partial charge in [-0.1, -0.05) is 19.1 Å². The average molecular weight is 321 g/mol. The summed E-state index contributed by atoms with van der Waals surface area (Å²) in [5.74, 6) is 2.17. The normalized spacial score (nSPS) is 29.1. The van der Waals surface area contributed by atoms with Crippen LogP contribution in [0.15, 0.2) is 12.2 Å². The summed E-state index contributed by atoms with van der Waals surface area (Å²) < 4.78 is 4.64. The van der Waals surface area contributed by atoms with Gasteiger partial charge < -0.3 is 10.1 Å². The number of unbranched alkanes of at least 4 members (excludes halogenated alkanes) is 1. The second kappa shape index (κ2) is 9.09. The van der Waals surface area contributed by atoms with Crippen LogP contribution in [0.1, 0.15) is 64.7 Å². The molecule has 0 radical (unpaired) electrons. The van der Waals surface area contributed by atoms with Crippen LogP contribution in [0.5, 0.6) is 0 Å². The molecule has 0 aliphatic heterocycles. The Morgan fingerprint density at radius 1 is 1.17 bits per heavy atom. The smallest absolute Gasteiger partial charge is 0.305 e. The van der Waals surface area contributed by atoms with E-state index in [-0.39, 0.29) is 11.9 Å². The Hall–Kier alpha value is -1.32. The van der Waals surface area contributed by atoms with Crippen LogP contribution in [0.25, 0.3) is 0 Å². The van der Waals surface area contributed by atoms with E-state index in [0.29, 0.717) is 30.7 Å². The predicted molar refractivity (Wildman–Crippen MR) is 90.8 cm³/mol. The molecule has 130 valence electrons. The van der Waals surface area contributed by atoms with E-state index in [1.54, 1.807) is 0 Å². The Kier molecular flexibility index (Phi) is 7.13. The van der Waals surface area contributed by atoms with E-state index in [4.69, 9.17) is 0 Å². The molecule has 0 aromatic heterocycles. The maximum absolute atomic E-state index is 12.0. The average Bonchev–Trinajstić information content (AvgIpc) is 3.13. The Labute approximate surface area is 140 Å². The lowest BCUT2D eigenvalue weighted by Gasteiger charge is -2.31. The fourth-order valence-corrected chi connectivity index (χ4v) is 4.30. The van der Waals surface area contributed by atoms with Gasteiger partial charge in [0.15, 0.2) is 0 Å². The van der Waals surface area contributed by atoms with Crippen LogP contribution in [-0.4, -0.2) is 25.0 Å². The minimum atomic E-state index is -0.134. The highest BCUT2D eigenvalue weighted by Gasteiger charge is 2.47. The van der Waals surface area contributed by atoms with Gasteiger partial charge in [0.25, 0.3) is 0 Å². The quantitative estimate of drug-likeness (QED) is 0.401. The number of ether oxygens (including phenoxy) is 1. The molecule has 2 saturated carbocycles. The molecule has 2 bridgehead atoms. The van der Waals surface area contributed by atoms with Gasteiger partial charge in [-0.05, 0) is 62.7 Å². The first-order valence-electron chi connectivity index (χ1n) is 9.16. The molecule has 0 spiro atoms. The molecule has 2 aliphatic rings. The van der Waals surface area contributed by atoms with Crippen LogP contribution < -0.4 is 5.32 Å². The standard InChI is InChI=1S/C19H31NO3/c1-3-8-17(21)20-19-15-12-11-14(13-15)16(19)9-6-4-5-7-10-18(22)23-2/h4,6,14-16,19H,3,5,7-13H2,1-2H3,(H,20,21)/b6-4-/t14-,15+,16+,19?/m1/s1. The maximum atomic E-state index is 12.0. The molecule has 0 heterocycles. The first-order chi connectivity index (χ1) is 11.2. The Balaban J connectivity index is 1.75. The largest absolute Gasteiger partial charge is 0.469 e. The molecule has 2 fully saturated rings. The van der Waals surface area contributed by atoms with Crippen LogP contribution in [-0.2, 0) is 14.3 Å². The summed E-state index contributed by atoms with van der Waals surface area (Å²) in [6, 6.07) is 0.382. The third-order valence-electron chi connectivity index (χ3n) is 5.45. The summed E-state index contributed by atoms with van der Waals surface area (Å²) in [7, 11) is 1.43. The lowest BCUT2D eigenvalue weighted by Crippen LogP contribution is -2.43. The van der Waals surface area contributed by atoms with Gasteiger partial charge in [0.05, 0.1) is 7.11 Å². The number of esters is 1. The van der Waals surface area contributed by atoms with Gasteiger partial charge >= 0.3 is 5.97 Å². The molecular weight excluding hydrogens is 290 g/mol. The van der Waals surface area contributed by atoms with E-state index in [2.05, 4.69) is 29.1 Å². The van der Waals surface area contributed by atoms with Gasteiger partial charge in [-0.25, -0.2) is 0 Å². The molecule has 23 heavy (non-hydrogen) atoms. The van der Waals surface area contributed by atoms with Crippen molar-refractivity contribution in [1.82, 2.24) is 5.32 Å². The van der Waals surface area contributed by atoms with Crippen molar-refractivity contribution in [2.24, 2.45) is 17.8 Å². The molecule has 4 atom stereocenters. The van der Waals surface area contributed by atoms with Crippen molar-refractivity contribution in [3.8, 4) is 0 Å². The van der Waals surface area contributed by atoms with Gasteiger partial charge in [0.2, 0.25) is 5.91 Å². The molecule has 1 unspecified atom stereocenters. The van der Waals surface area contributed by atoms with Crippen molar-refractivity contribution in [1.29, 1.82) is 0 Å². The number of carbonyl (C=O) groups is 2. The van der Waals surface area contributed by atoms with Gasteiger partial charge in [0.1, 0.15) is 0 Å². The third-order valence-corrected chi connectivity index (χ3v) is 5.45. The van der Waals surface area contributed by atoms with Crippen LogP contribution in [0.4, 0.5) is 0 Å². The molecule has 2 rings (SSSR count). The van der Waals surface area contributed by atoms with Gasteiger partial charge in [-0.2, -0.15) is 0 Å². The fraction of sp³-hybridized carbons (Fsp3) is 0.789. The minimum absolute atomic E-state index is 0.134. The molecule has 4 nitrogen and oxygen atoms in total. The highest BCUT2D eigenvalue weighted by Crippen LogP contribution is 2.49. The molecule has 4 heteroatoms. The van der Waals surface area contributed by atoms with Crippen molar-refractivity contribution in [3.63, 3.8) is 0 Å². The molecule has 0 aromatic carbocycles. The molecule has 0 saturated heterocycles. The summed E-state index contributed by atoms with van der Waals surface area (Å²) >= 11 is 0. The van der Waals surface area contributed by atoms with Gasteiger partial charge in [-0.3, -0.25) is 9.59 Å². The predicted octanol–water partition coefficient (Wildman–Crippen LogP) is 3.61. The number of hydrogen-bond donors (Lipinski definition) is 1. The first-order valence-corrected chi connectivity index (χ1v) is 9.16. The van der Waals surface area contributed by atoms with Crippen LogP contribution >= 0.6 is 0 Å². The number of methoxy groups -OCH3 is 1. The first kappa shape index (κ1) is 18.0. The number of nitrogens with one attached hydrogen (secondary N) is 1. The SMILES string of the molecule is CCCC(=O)NC1[C@H]2CC[C@H](C2)[C@@H]1C/C=C\CCCC(=O)OC. The van der Waals surface area contributed by atoms with Crippen molar-refractivity contribution in [3.05, 3.63) is 12.2 Å². The number of carbonyl (C=O) groups excluding carboxylic acids is 2. The number of allylic oxidation sites excluding steroid dienone is 2. The van der Waals surface area contributed by atoms with E-state index >= 15 is 0 Å². The van der Waals surface area contributed by atoms with E-state index in [1.807, 2.05) is 0 Å². The number of fused-ring (bicyclic) bond motifs is 2. The summed E-state index contributed by atoms with van der Waals surface area (Å²) in [5.41, 5.74) is 0. The lowest BCUT2D eigenvalue weighted by molar-refractivity contribution is -0.140. The lowest BCUT2D eigenvalue weighted by atomic mass is 9.82. The zero-order valence-electron chi connectivity index (χ0n) is 14.6. The topological polar surface area (TPSA) is 55.4 Å². The molecule has 1 N–H and O–H groups in total. The van der Waals surface area contributed by atoms with Crippen LogP contribution in [0, 0.1) is 17.8 Å². The molecule has 0 aromatic rings. The zero-order valence-corrected chi connectivity index (χ0v) is 14.6. The Morgan fingerprint density at radius 3 is 2.70 bits per heavy atom. The molecule has 2 aliphatic carbocycles. The second-order valence-corrected chi connectivity index (χ2v) is 7.02. The van der Waals surface area contributed by atoms with Crippen LogP contribution in [0.2, 0.25) is 0 Å². The van der Waals surface area contributed by atoms with E-state index < -0.39 is 0 Å². The summed E-state index contributed by atoms with van der Waals surface area (Å²) in [6.07, 6.45) is 13.2. The number of rotatable bonds is 9. The third kappa shape index (κ3) is 5.08. The summed E-state index contributed by atoms with van der Waals surface area (Å²) in [4.78, 5) is 23.0. The number of hydrogen-bond acceptors (Lipinski definition) is 3. The van der Waals surface area contributed by atoms with Crippen molar-refractivity contribution < 1.29 is 14.3 Å². The summed E-state index contributed by atoms with van der Waals surface area (Å²) in [6.45, 7) is 2.05. The van der Waals surface area contributed by atoms with Crippen molar-refractivity contribution >= 4 is 11.9 Å².